The number of hydrogen-bond acceptors (Lipinski definition) is 5. The van der Waals surface area contributed by atoms with E-state index in [-0.39, 0.29) is 30.5 Å². The van der Waals surface area contributed by atoms with E-state index in [0.29, 0.717) is 17.9 Å². The predicted octanol–water partition coefficient (Wildman–Crippen LogP) is 2.70. The van der Waals surface area contributed by atoms with Crippen molar-refractivity contribution in [2.24, 2.45) is 0 Å². The van der Waals surface area contributed by atoms with Crippen LogP contribution in [-0.2, 0) is 22.6 Å². The first-order valence-electron chi connectivity index (χ1n) is 9.29. The molecule has 0 unspecified atom stereocenters. The average molecular weight is 399 g/mol. The van der Waals surface area contributed by atoms with E-state index < -0.39 is 11.0 Å². The van der Waals surface area contributed by atoms with Crippen LogP contribution in [-0.4, -0.2) is 41.3 Å². The van der Waals surface area contributed by atoms with E-state index >= 15 is 0 Å². The topological polar surface area (TPSA) is 102 Å². The quantitative estimate of drug-likeness (QED) is 0.516. The minimum atomic E-state index is -0.729. The molecule has 0 aliphatic heterocycles. The molecule has 0 saturated heterocycles. The van der Waals surface area contributed by atoms with E-state index in [1.807, 2.05) is 12.1 Å². The molecule has 0 spiro atoms. The number of ether oxygens (including phenoxy) is 1. The molecule has 2 amide bonds. The van der Waals surface area contributed by atoms with Gasteiger partial charge < -0.3 is 15.0 Å². The van der Waals surface area contributed by atoms with E-state index in [4.69, 9.17) is 4.74 Å². The molecule has 1 N–H and O–H groups in total. The van der Waals surface area contributed by atoms with Crippen LogP contribution in [0, 0.1) is 10.1 Å². The van der Waals surface area contributed by atoms with Gasteiger partial charge in [0.2, 0.25) is 11.8 Å². The first-order chi connectivity index (χ1) is 13.9. The van der Waals surface area contributed by atoms with E-state index in [1.165, 1.54) is 11.0 Å². The van der Waals surface area contributed by atoms with Crippen LogP contribution in [0.4, 0.5) is 5.69 Å². The van der Waals surface area contributed by atoms with Gasteiger partial charge in [0.05, 0.1) is 18.5 Å². The second kappa shape index (κ2) is 10.2. The summed E-state index contributed by atoms with van der Waals surface area (Å²) in [6, 6.07) is 12.6. The van der Waals surface area contributed by atoms with Gasteiger partial charge in [0.1, 0.15) is 11.8 Å². The molecule has 0 heterocycles. The maximum absolute atomic E-state index is 13.1. The first-order valence-corrected chi connectivity index (χ1v) is 9.29. The molecular formula is C21H25N3O5. The van der Waals surface area contributed by atoms with Crippen LogP contribution in [0.1, 0.15) is 25.0 Å². The van der Waals surface area contributed by atoms with Crippen LogP contribution in [0.2, 0.25) is 0 Å². The number of amides is 2. The number of methoxy groups -OCH3 is 1. The van der Waals surface area contributed by atoms with E-state index in [9.17, 15) is 19.7 Å². The Hall–Kier alpha value is -3.42. The molecule has 0 bridgehead atoms. The third-order valence-corrected chi connectivity index (χ3v) is 4.56. The summed E-state index contributed by atoms with van der Waals surface area (Å²) in [6.07, 6.45) is -0.170. The highest BCUT2D eigenvalue weighted by Gasteiger charge is 2.27. The molecule has 0 fully saturated rings. The van der Waals surface area contributed by atoms with Crippen LogP contribution in [0.5, 0.6) is 5.75 Å². The number of para-hydroxylation sites is 1. The number of nitrogens with zero attached hydrogens (tertiary/aromatic N) is 2. The smallest absolute Gasteiger partial charge is 0.273 e. The number of nitro benzene ring substituents is 1. The maximum atomic E-state index is 13.1. The van der Waals surface area contributed by atoms with Gasteiger partial charge in [-0.1, -0.05) is 30.3 Å². The molecule has 0 aliphatic rings. The molecular weight excluding hydrogens is 374 g/mol. The minimum Gasteiger partial charge on any atom is -0.497 e. The number of carbonyl (C=O) groups is 2. The lowest BCUT2D eigenvalue weighted by Gasteiger charge is -2.28. The van der Waals surface area contributed by atoms with Gasteiger partial charge >= 0.3 is 0 Å². The van der Waals surface area contributed by atoms with Gasteiger partial charge in [-0.25, -0.2) is 0 Å². The number of nitrogens with one attached hydrogen (secondary N) is 1. The summed E-state index contributed by atoms with van der Waals surface area (Å²) < 4.78 is 5.15. The SMILES string of the molecule is CCNC(=O)[C@@H](C)N(Cc1ccc(OC)cc1)C(=O)Cc1ccccc1[N+](=O)[O-]. The van der Waals surface area contributed by atoms with Gasteiger partial charge in [0, 0.05) is 24.7 Å². The monoisotopic (exact) mass is 399 g/mol. The van der Waals surface area contributed by atoms with Gasteiger partial charge in [-0.2, -0.15) is 0 Å². The summed E-state index contributed by atoms with van der Waals surface area (Å²) in [7, 11) is 1.56. The van der Waals surface area contributed by atoms with Gasteiger partial charge in [-0.15, -0.1) is 0 Å². The Kier molecular flexibility index (Phi) is 7.70. The van der Waals surface area contributed by atoms with Crippen LogP contribution < -0.4 is 10.1 Å². The largest absolute Gasteiger partial charge is 0.497 e. The van der Waals surface area contributed by atoms with Crippen molar-refractivity contribution < 1.29 is 19.2 Å². The molecule has 8 nitrogen and oxygen atoms in total. The fraction of sp³-hybridized carbons (Fsp3) is 0.333. The summed E-state index contributed by atoms with van der Waals surface area (Å²) in [5, 5.41) is 14.0. The van der Waals surface area contributed by atoms with Crippen molar-refractivity contribution in [3.8, 4) is 5.75 Å². The first kappa shape index (κ1) is 21.9. The molecule has 1 atom stereocenters. The molecule has 0 aliphatic carbocycles. The number of carbonyl (C=O) groups excluding carboxylic acids is 2. The summed E-state index contributed by atoms with van der Waals surface area (Å²) in [5.74, 6) is 0.0362. The van der Waals surface area contributed by atoms with Crippen LogP contribution in [0.3, 0.4) is 0 Å². The average Bonchev–Trinajstić information content (AvgIpc) is 2.72. The van der Waals surface area contributed by atoms with Gasteiger partial charge in [0.15, 0.2) is 0 Å². The number of rotatable bonds is 9. The standard InChI is InChI=1S/C21H25N3O5/c1-4-22-21(26)15(2)23(14-16-9-11-18(29-3)12-10-16)20(25)13-17-7-5-6-8-19(17)24(27)28/h5-12,15H,4,13-14H2,1-3H3,(H,22,26)/t15-/m1/s1. The third kappa shape index (κ3) is 5.78. The van der Waals surface area contributed by atoms with Gasteiger partial charge in [0.25, 0.3) is 5.69 Å². The Balaban J connectivity index is 2.29. The van der Waals surface area contributed by atoms with E-state index in [2.05, 4.69) is 5.32 Å². The van der Waals surface area contributed by atoms with Crippen molar-refractivity contribution in [3.63, 3.8) is 0 Å². The highest BCUT2D eigenvalue weighted by molar-refractivity contribution is 5.88. The van der Waals surface area contributed by atoms with Crippen molar-refractivity contribution in [1.82, 2.24) is 10.2 Å². The molecule has 2 aromatic rings. The molecule has 29 heavy (non-hydrogen) atoms. The van der Waals surface area contributed by atoms with Gasteiger partial charge in [-0.3, -0.25) is 19.7 Å². The molecule has 8 heteroatoms. The van der Waals surface area contributed by atoms with Crippen molar-refractivity contribution in [3.05, 3.63) is 69.8 Å². The predicted molar refractivity (Wildman–Crippen MR) is 108 cm³/mol. The zero-order chi connectivity index (χ0) is 21.4. The lowest BCUT2D eigenvalue weighted by atomic mass is 10.1. The Labute approximate surface area is 169 Å². The zero-order valence-corrected chi connectivity index (χ0v) is 16.8. The zero-order valence-electron chi connectivity index (χ0n) is 16.8. The molecule has 0 aromatic heterocycles. The van der Waals surface area contributed by atoms with Crippen molar-refractivity contribution in [2.75, 3.05) is 13.7 Å². The fourth-order valence-corrected chi connectivity index (χ4v) is 2.94. The highest BCUT2D eigenvalue weighted by atomic mass is 16.6. The van der Waals surface area contributed by atoms with Crippen LogP contribution in [0.25, 0.3) is 0 Å². The number of hydrogen-bond donors (Lipinski definition) is 1. The lowest BCUT2D eigenvalue weighted by molar-refractivity contribution is -0.385. The lowest BCUT2D eigenvalue weighted by Crippen LogP contribution is -2.48. The van der Waals surface area contributed by atoms with Crippen LogP contribution >= 0.6 is 0 Å². The fourth-order valence-electron chi connectivity index (χ4n) is 2.94. The molecule has 2 rings (SSSR count). The summed E-state index contributed by atoms with van der Waals surface area (Å²) in [6.45, 7) is 4.08. The molecule has 0 saturated carbocycles. The van der Waals surface area contributed by atoms with E-state index in [1.54, 1.807) is 51.3 Å². The summed E-state index contributed by atoms with van der Waals surface area (Å²) >= 11 is 0. The Morgan fingerprint density at radius 3 is 2.41 bits per heavy atom. The molecule has 2 aromatic carbocycles. The van der Waals surface area contributed by atoms with Gasteiger partial charge in [-0.05, 0) is 31.5 Å². The van der Waals surface area contributed by atoms with Crippen molar-refractivity contribution in [2.45, 2.75) is 32.9 Å². The Bertz CT molecular complexity index is 867. The van der Waals surface area contributed by atoms with Crippen molar-refractivity contribution in [1.29, 1.82) is 0 Å². The van der Waals surface area contributed by atoms with E-state index in [0.717, 1.165) is 5.56 Å². The number of benzene rings is 2. The second-order valence-electron chi connectivity index (χ2n) is 6.50. The number of likely N-dealkylation sites (N-methyl/N-ethyl adjacent to an activating group) is 1. The third-order valence-electron chi connectivity index (χ3n) is 4.56. The Morgan fingerprint density at radius 2 is 1.83 bits per heavy atom. The van der Waals surface area contributed by atoms with Crippen molar-refractivity contribution >= 4 is 17.5 Å². The highest BCUT2D eigenvalue weighted by Crippen LogP contribution is 2.21. The second-order valence-corrected chi connectivity index (χ2v) is 6.50. The normalized spacial score (nSPS) is 11.4. The Morgan fingerprint density at radius 1 is 1.17 bits per heavy atom. The minimum absolute atomic E-state index is 0.115. The molecule has 154 valence electrons. The maximum Gasteiger partial charge on any atom is 0.273 e. The summed E-state index contributed by atoms with van der Waals surface area (Å²) in [5.41, 5.74) is 1.01. The molecule has 0 radical (unpaired) electrons. The number of nitro groups is 1. The summed E-state index contributed by atoms with van der Waals surface area (Å²) in [4.78, 5) is 37.6. The van der Waals surface area contributed by atoms with Crippen LogP contribution in [0.15, 0.2) is 48.5 Å².